The fourth-order valence-corrected chi connectivity index (χ4v) is 2.90. The Hall–Kier alpha value is -3.83. The minimum Gasteiger partial charge on any atom is -0.445 e. The molecule has 0 amide bonds. The number of ketones is 1. The van der Waals surface area contributed by atoms with Gasteiger partial charge >= 0.3 is 0 Å². The molecule has 2 N–H and O–H groups in total. The lowest BCUT2D eigenvalue weighted by molar-refractivity contribution is 0.101. The first-order chi connectivity index (χ1) is 13.0. The summed E-state index contributed by atoms with van der Waals surface area (Å²) in [5.41, 5.74) is 7.98. The molecule has 27 heavy (non-hydrogen) atoms. The lowest BCUT2D eigenvalue weighted by atomic mass is 9.80. The minimum atomic E-state index is -0.530. The van der Waals surface area contributed by atoms with Crippen LogP contribution in [0.2, 0.25) is 0 Å². The van der Waals surface area contributed by atoms with Crippen molar-refractivity contribution in [2.24, 2.45) is 5.73 Å². The zero-order valence-electron chi connectivity index (χ0n) is 15.1. The number of rotatable bonds is 3. The number of hydrogen-bond acceptors (Lipinski definition) is 5. The summed E-state index contributed by atoms with van der Waals surface area (Å²) in [6.45, 7) is 3.13. The molecule has 134 valence electrons. The van der Waals surface area contributed by atoms with E-state index in [4.69, 9.17) is 15.7 Å². The summed E-state index contributed by atoms with van der Waals surface area (Å²) in [6, 6.07) is 22.2. The third-order valence-corrected chi connectivity index (χ3v) is 4.02. The van der Waals surface area contributed by atoms with Gasteiger partial charge in [-0.3, -0.25) is 4.79 Å². The lowest BCUT2D eigenvalue weighted by Crippen LogP contribution is -2.24. The lowest BCUT2D eigenvalue weighted by Gasteiger charge is -2.27. The van der Waals surface area contributed by atoms with Crippen LogP contribution >= 0.6 is 0 Å². The van der Waals surface area contributed by atoms with Crippen molar-refractivity contribution in [1.82, 2.24) is 0 Å². The van der Waals surface area contributed by atoms with E-state index in [1.54, 1.807) is 37.3 Å². The zero-order chi connectivity index (χ0) is 19.8. The van der Waals surface area contributed by atoms with Gasteiger partial charge in [-0.1, -0.05) is 60.7 Å². The fourth-order valence-electron chi connectivity index (χ4n) is 2.90. The number of carbonyl (C=O) groups is 1. The first-order valence-electron chi connectivity index (χ1n) is 8.29. The fraction of sp³-hybridized carbons (Fsp3) is 0.136. The van der Waals surface area contributed by atoms with Gasteiger partial charge in [0.05, 0.1) is 17.6 Å². The highest BCUT2D eigenvalue weighted by Gasteiger charge is 2.35. The summed E-state index contributed by atoms with van der Waals surface area (Å²) in [5.74, 6) is -0.220. The van der Waals surface area contributed by atoms with Crippen LogP contribution < -0.4 is 5.73 Å². The van der Waals surface area contributed by atoms with Gasteiger partial charge in [0.2, 0.25) is 5.88 Å². The van der Waals surface area contributed by atoms with Crippen molar-refractivity contribution in [1.29, 1.82) is 10.5 Å². The molecule has 1 heterocycles. The van der Waals surface area contributed by atoms with Gasteiger partial charge in [-0.25, -0.2) is 0 Å². The van der Waals surface area contributed by atoms with Crippen molar-refractivity contribution < 1.29 is 9.53 Å². The number of benzene rings is 2. The van der Waals surface area contributed by atoms with Gasteiger partial charge in [-0.2, -0.15) is 10.5 Å². The Morgan fingerprint density at radius 2 is 1.56 bits per heavy atom. The third-order valence-electron chi connectivity index (χ3n) is 4.02. The molecule has 0 spiro atoms. The molecule has 0 saturated heterocycles. The van der Waals surface area contributed by atoms with E-state index in [1.807, 2.05) is 36.4 Å². The normalized spacial score (nSPS) is 15.6. The van der Waals surface area contributed by atoms with Gasteiger partial charge in [-0.15, -0.1) is 0 Å². The molecule has 0 fully saturated rings. The van der Waals surface area contributed by atoms with Crippen LogP contribution in [0.25, 0.3) is 0 Å². The molecule has 1 aliphatic rings. The van der Waals surface area contributed by atoms with E-state index in [1.165, 1.54) is 6.92 Å². The molecule has 1 aliphatic heterocycles. The van der Waals surface area contributed by atoms with Gasteiger partial charge in [0, 0.05) is 12.5 Å². The number of carbonyl (C=O) groups excluding carboxylic acids is 1. The predicted molar refractivity (Wildman–Crippen MR) is 102 cm³/mol. The summed E-state index contributed by atoms with van der Waals surface area (Å²) >= 11 is 0. The average Bonchev–Trinajstić information content (AvgIpc) is 2.69. The second kappa shape index (κ2) is 9.03. The number of ether oxygens (including phenoxy) is 1. The summed E-state index contributed by atoms with van der Waals surface area (Å²) in [5, 5.41) is 16.9. The van der Waals surface area contributed by atoms with E-state index in [0.29, 0.717) is 16.9 Å². The Kier molecular flexibility index (Phi) is 6.52. The van der Waals surface area contributed by atoms with Crippen LogP contribution in [-0.2, 0) is 4.74 Å². The number of nitrogens with zero attached hydrogens (tertiary/aromatic N) is 2. The Labute approximate surface area is 158 Å². The first kappa shape index (κ1) is 19.5. The van der Waals surface area contributed by atoms with Crippen LogP contribution in [0.4, 0.5) is 0 Å². The van der Waals surface area contributed by atoms with E-state index in [2.05, 4.69) is 6.07 Å². The van der Waals surface area contributed by atoms with E-state index in [9.17, 15) is 10.1 Å². The van der Waals surface area contributed by atoms with Crippen molar-refractivity contribution in [2.75, 3.05) is 0 Å². The number of nitriles is 2. The second-order valence-corrected chi connectivity index (χ2v) is 5.72. The largest absolute Gasteiger partial charge is 0.445 e. The van der Waals surface area contributed by atoms with Gasteiger partial charge in [-0.05, 0) is 12.5 Å². The van der Waals surface area contributed by atoms with Crippen LogP contribution in [0.5, 0.6) is 0 Å². The standard InChI is InChI=1S/C20H16N2O2.C2H3N/c1-13-17(19(23)15-10-6-3-7-11-15)18(14-8-4-2-5-9-14)16(12-21)20(22)24-13;1-2-3/h2-11,18H,22H2,1H3;1H3/t18-;/m0./s1. The summed E-state index contributed by atoms with van der Waals surface area (Å²) in [4.78, 5) is 13.1. The predicted octanol–water partition coefficient (Wildman–Crippen LogP) is 4.18. The Bertz CT molecular complexity index is 962. The Morgan fingerprint density at radius 3 is 2.07 bits per heavy atom. The minimum absolute atomic E-state index is 0.0495. The number of allylic oxidation sites excluding steroid dienone is 3. The highest BCUT2D eigenvalue weighted by Crippen LogP contribution is 2.40. The van der Waals surface area contributed by atoms with E-state index in [0.717, 1.165) is 5.56 Å². The molecule has 2 aromatic carbocycles. The van der Waals surface area contributed by atoms with Crippen LogP contribution in [0, 0.1) is 22.7 Å². The molecule has 5 heteroatoms. The smallest absolute Gasteiger partial charge is 0.205 e. The molecular formula is C22H19N3O2. The highest BCUT2D eigenvalue weighted by molar-refractivity contribution is 6.10. The Balaban J connectivity index is 0.000000817. The number of Topliss-reactive ketones (excluding diaryl/α,β-unsaturated/α-hetero) is 1. The molecule has 5 nitrogen and oxygen atoms in total. The van der Waals surface area contributed by atoms with Crippen LogP contribution in [-0.4, -0.2) is 5.78 Å². The number of hydrogen-bond donors (Lipinski definition) is 1. The molecule has 0 aromatic heterocycles. The quantitative estimate of drug-likeness (QED) is 0.831. The monoisotopic (exact) mass is 357 g/mol. The Morgan fingerprint density at radius 1 is 1.04 bits per heavy atom. The molecule has 3 rings (SSSR count). The van der Waals surface area contributed by atoms with Crippen molar-refractivity contribution in [3.05, 3.63) is 94.6 Å². The molecule has 1 atom stereocenters. The van der Waals surface area contributed by atoms with Crippen molar-refractivity contribution in [3.8, 4) is 12.1 Å². The molecule has 0 saturated carbocycles. The first-order valence-corrected chi connectivity index (χ1v) is 8.29. The number of nitrogens with two attached hydrogens (primary N) is 1. The maximum Gasteiger partial charge on any atom is 0.205 e. The zero-order valence-corrected chi connectivity index (χ0v) is 15.1. The highest BCUT2D eigenvalue weighted by atomic mass is 16.5. The van der Waals surface area contributed by atoms with Gasteiger partial charge in [0.25, 0.3) is 0 Å². The van der Waals surface area contributed by atoms with Crippen molar-refractivity contribution in [3.63, 3.8) is 0 Å². The van der Waals surface area contributed by atoms with Gasteiger partial charge in [0.15, 0.2) is 5.78 Å². The van der Waals surface area contributed by atoms with Crippen molar-refractivity contribution in [2.45, 2.75) is 19.8 Å². The molecular weight excluding hydrogens is 338 g/mol. The average molecular weight is 357 g/mol. The molecule has 0 unspecified atom stereocenters. The van der Waals surface area contributed by atoms with Crippen LogP contribution in [0.15, 0.2) is 83.5 Å². The molecule has 0 aliphatic carbocycles. The van der Waals surface area contributed by atoms with Crippen LogP contribution in [0.3, 0.4) is 0 Å². The summed E-state index contributed by atoms with van der Waals surface area (Å²) in [7, 11) is 0. The maximum absolute atomic E-state index is 13.1. The molecule has 0 radical (unpaired) electrons. The van der Waals surface area contributed by atoms with Gasteiger partial charge in [0.1, 0.15) is 17.4 Å². The van der Waals surface area contributed by atoms with E-state index in [-0.39, 0.29) is 17.2 Å². The third kappa shape index (κ3) is 4.23. The molecule has 0 bridgehead atoms. The summed E-state index contributed by atoms with van der Waals surface area (Å²) < 4.78 is 5.49. The summed E-state index contributed by atoms with van der Waals surface area (Å²) in [6.07, 6.45) is 0. The topological polar surface area (TPSA) is 99.9 Å². The SMILES string of the molecule is CC#N.CC1=C(C(=O)c2ccccc2)[C@@H](c2ccccc2)C(C#N)=C(N)O1. The maximum atomic E-state index is 13.1. The second-order valence-electron chi connectivity index (χ2n) is 5.72. The van der Waals surface area contributed by atoms with E-state index < -0.39 is 5.92 Å². The van der Waals surface area contributed by atoms with Gasteiger partial charge < -0.3 is 10.5 Å². The van der Waals surface area contributed by atoms with Crippen molar-refractivity contribution >= 4 is 5.78 Å². The van der Waals surface area contributed by atoms with Crippen LogP contribution in [0.1, 0.15) is 35.7 Å². The van der Waals surface area contributed by atoms with E-state index >= 15 is 0 Å². The molecule has 2 aromatic rings.